The van der Waals surface area contributed by atoms with Gasteiger partial charge in [0, 0.05) is 0 Å². The minimum absolute atomic E-state index is 0. The molecule has 0 saturated carbocycles. The Balaban J connectivity index is 0. The lowest BCUT2D eigenvalue weighted by Crippen LogP contribution is -3.00. The van der Waals surface area contributed by atoms with E-state index in [0.29, 0.717) is 0 Å². The minimum atomic E-state index is 0. The van der Waals surface area contributed by atoms with Crippen molar-refractivity contribution in [1.82, 2.24) is 0 Å². The fraction of sp³-hybridized carbons (Fsp3) is 1.00. The second kappa shape index (κ2) is 13.7. The van der Waals surface area contributed by atoms with E-state index in [4.69, 9.17) is 0 Å². The number of unbranched alkanes of at least 4 members (excludes halogenated alkanes) is 9. The zero-order valence-corrected chi connectivity index (χ0v) is 16.3. The van der Waals surface area contributed by atoms with E-state index in [9.17, 15) is 0 Å². The smallest absolute Gasteiger partial charge is 0.0829 e. The molecule has 19 heavy (non-hydrogen) atoms. The molecule has 0 amide bonds. The molecule has 2 heteroatoms. The Labute approximate surface area is 140 Å². The zero-order chi connectivity index (χ0) is 13.9. The molecule has 0 fully saturated rings. The van der Waals surface area contributed by atoms with Crippen LogP contribution in [-0.2, 0) is 0 Å². The van der Waals surface area contributed by atoms with Crippen molar-refractivity contribution in [2.75, 3.05) is 20.6 Å². The first kappa shape index (κ1) is 22.0. The first-order valence-electron chi connectivity index (χ1n) is 8.33. The summed E-state index contributed by atoms with van der Waals surface area (Å²) < 4.78 is 1.18. The van der Waals surface area contributed by atoms with Crippen molar-refractivity contribution < 1.29 is 28.5 Å². The fourth-order valence-corrected chi connectivity index (χ4v) is 2.26. The average molecular weight is 383 g/mol. The highest BCUT2D eigenvalue weighted by molar-refractivity contribution is 4.48. The Kier molecular flexibility index (Phi) is 15.8. The van der Waals surface area contributed by atoms with Crippen LogP contribution in [0, 0.1) is 0 Å². The third kappa shape index (κ3) is 13.4. The molecule has 0 aromatic carbocycles. The molecule has 0 bridgehead atoms. The lowest BCUT2D eigenvalue weighted by molar-refractivity contribution is -0.911. The van der Waals surface area contributed by atoms with Crippen molar-refractivity contribution in [2.24, 2.45) is 0 Å². The van der Waals surface area contributed by atoms with Crippen LogP contribution in [0.2, 0.25) is 0 Å². The summed E-state index contributed by atoms with van der Waals surface area (Å²) in [5.74, 6) is 0. The van der Waals surface area contributed by atoms with Crippen LogP contribution in [-0.4, -0.2) is 31.2 Å². The minimum Gasteiger partial charge on any atom is -1.00 e. The molecular weight excluding hydrogens is 345 g/mol. The van der Waals surface area contributed by atoms with E-state index >= 15 is 0 Å². The number of nitrogens with zero attached hydrogens (tertiary/aromatic N) is 1. The SMILES string of the molecule is CCCCCCCCCCCC[N+](C)(C)C(C)C.[I-]. The molecule has 118 valence electrons. The number of quaternary nitrogens is 1. The predicted octanol–water partition coefficient (Wildman–Crippen LogP) is 2.40. The van der Waals surface area contributed by atoms with Gasteiger partial charge in [-0.05, 0) is 26.7 Å². The molecule has 0 aromatic rings. The normalized spacial score (nSPS) is 11.7. The molecule has 0 saturated heterocycles. The van der Waals surface area contributed by atoms with Gasteiger partial charge in [-0.15, -0.1) is 0 Å². The molecule has 0 aliphatic rings. The maximum atomic E-state index is 2.36. The van der Waals surface area contributed by atoms with Crippen LogP contribution in [0.1, 0.15) is 85.0 Å². The van der Waals surface area contributed by atoms with Gasteiger partial charge in [-0.2, -0.15) is 0 Å². The maximum absolute atomic E-state index is 2.36. The van der Waals surface area contributed by atoms with E-state index in [1.807, 2.05) is 0 Å². The van der Waals surface area contributed by atoms with Gasteiger partial charge in [0.1, 0.15) is 0 Å². The molecule has 0 N–H and O–H groups in total. The third-order valence-corrected chi connectivity index (χ3v) is 4.49. The van der Waals surface area contributed by atoms with Crippen molar-refractivity contribution in [3.63, 3.8) is 0 Å². The molecule has 0 aliphatic carbocycles. The Morgan fingerprint density at radius 2 is 1.05 bits per heavy atom. The van der Waals surface area contributed by atoms with Gasteiger partial charge < -0.3 is 28.5 Å². The van der Waals surface area contributed by atoms with E-state index in [1.54, 1.807) is 0 Å². The Morgan fingerprint density at radius 1 is 0.684 bits per heavy atom. The number of rotatable bonds is 12. The third-order valence-electron chi connectivity index (χ3n) is 4.49. The zero-order valence-electron chi connectivity index (χ0n) is 14.2. The fourth-order valence-electron chi connectivity index (χ4n) is 2.26. The summed E-state index contributed by atoms with van der Waals surface area (Å²) in [6, 6.07) is 0.753. The van der Waals surface area contributed by atoms with Gasteiger partial charge in [-0.3, -0.25) is 0 Å². The van der Waals surface area contributed by atoms with Gasteiger partial charge in [0.2, 0.25) is 0 Å². The second-order valence-electron chi connectivity index (χ2n) is 6.78. The number of hydrogen-bond donors (Lipinski definition) is 0. The number of halogens is 1. The molecule has 0 unspecified atom stereocenters. The summed E-state index contributed by atoms with van der Waals surface area (Å²) in [5, 5.41) is 0. The van der Waals surface area contributed by atoms with Crippen LogP contribution in [0.25, 0.3) is 0 Å². The summed E-state index contributed by atoms with van der Waals surface area (Å²) >= 11 is 0. The van der Waals surface area contributed by atoms with Crippen LogP contribution in [0.4, 0.5) is 0 Å². The average Bonchev–Trinajstić information content (AvgIpc) is 2.31. The van der Waals surface area contributed by atoms with Gasteiger partial charge in [0.25, 0.3) is 0 Å². The van der Waals surface area contributed by atoms with E-state index < -0.39 is 0 Å². The van der Waals surface area contributed by atoms with Crippen molar-refractivity contribution in [1.29, 1.82) is 0 Å². The molecule has 0 atom stereocenters. The van der Waals surface area contributed by atoms with E-state index in [2.05, 4.69) is 34.9 Å². The van der Waals surface area contributed by atoms with Gasteiger partial charge in [-0.25, -0.2) is 0 Å². The van der Waals surface area contributed by atoms with Crippen LogP contribution in [0.5, 0.6) is 0 Å². The second-order valence-corrected chi connectivity index (χ2v) is 6.78. The molecule has 0 aliphatic heterocycles. The summed E-state index contributed by atoms with van der Waals surface area (Å²) in [4.78, 5) is 0. The highest BCUT2D eigenvalue weighted by Crippen LogP contribution is 2.13. The van der Waals surface area contributed by atoms with E-state index in [-0.39, 0.29) is 24.0 Å². The first-order chi connectivity index (χ1) is 8.50. The molecule has 0 heterocycles. The molecule has 0 aromatic heterocycles. The van der Waals surface area contributed by atoms with Crippen LogP contribution < -0.4 is 24.0 Å². The highest BCUT2D eigenvalue weighted by Gasteiger charge is 2.18. The highest BCUT2D eigenvalue weighted by atomic mass is 127. The quantitative estimate of drug-likeness (QED) is 0.276. The van der Waals surface area contributed by atoms with E-state index in [0.717, 1.165) is 6.04 Å². The Bertz CT molecular complexity index is 178. The molecule has 0 spiro atoms. The monoisotopic (exact) mass is 383 g/mol. The summed E-state index contributed by atoms with van der Waals surface area (Å²) in [7, 11) is 4.72. The lowest BCUT2D eigenvalue weighted by Gasteiger charge is -2.34. The molecule has 1 nitrogen and oxygen atoms in total. The molecule has 0 radical (unpaired) electrons. The Morgan fingerprint density at radius 3 is 1.42 bits per heavy atom. The lowest BCUT2D eigenvalue weighted by atomic mass is 10.1. The van der Waals surface area contributed by atoms with Crippen LogP contribution in [0.15, 0.2) is 0 Å². The van der Waals surface area contributed by atoms with Crippen molar-refractivity contribution in [3.8, 4) is 0 Å². The standard InChI is InChI=1S/C17H38N.HI/c1-6-7-8-9-10-11-12-13-14-15-16-18(4,5)17(2)3;/h17H,6-16H2,1-5H3;1H/q+1;/p-1. The summed E-state index contributed by atoms with van der Waals surface area (Å²) in [6.45, 7) is 8.29. The predicted molar refractivity (Wildman–Crippen MR) is 84.0 cm³/mol. The molecular formula is C17H38IN. The van der Waals surface area contributed by atoms with Gasteiger partial charge >= 0.3 is 0 Å². The van der Waals surface area contributed by atoms with Crippen molar-refractivity contribution in [2.45, 2.75) is 91.0 Å². The number of hydrogen-bond acceptors (Lipinski definition) is 0. The van der Waals surface area contributed by atoms with Crippen LogP contribution >= 0.6 is 0 Å². The van der Waals surface area contributed by atoms with Crippen molar-refractivity contribution in [3.05, 3.63) is 0 Å². The summed E-state index contributed by atoms with van der Waals surface area (Å²) in [6.07, 6.45) is 14.4. The first-order valence-corrected chi connectivity index (χ1v) is 8.33. The summed E-state index contributed by atoms with van der Waals surface area (Å²) in [5.41, 5.74) is 0. The molecule has 0 rings (SSSR count). The van der Waals surface area contributed by atoms with Crippen molar-refractivity contribution >= 4 is 0 Å². The maximum Gasteiger partial charge on any atom is 0.0829 e. The van der Waals surface area contributed by atoms with Gasteiger partial charge in [-0.1, -0.05) is 58.3 Å². The van der Waals surface area contributed by atoms with Gasteiger partial charge in [0.05, 0.1) is 26.7 Å². The van der Waals surface area contributed by atoms with Crippen LogP contribution in [0.3, 0.4) is 0 Å². The topological polar surface area (TPSA) is 0 Å². The Hall–Kier alpha value is 0.690. The van der Waals surface area contributed by atoms with E-state index in [1.165, 1.54) is 75.2 Å². The largest absolute Gasteiger partial charge is 1.00 e. The van der Waals surface area contributed by atoms with Gasteiger partial charge in [0.15, 0.2) is 0 Å².